The summed E-state index contributed by atoms with van der Waals surface area (Å²) in [7, 11) is 0. The second-order valence-corrected chi connectivity index (χ2v) is 7.13. The summed E-state index contributed by atoms with van der Waals surface area (Å²) in [6, 6.07) is 11.3. The minimum absolute atomic E-state index is 0.608. The highest BCUT2D eigenvalue weighted by atomic mass is 15.2. The molecule has 0 radical (unpaired) electrons. The van der Waals surface area contributed by atoms with E-state index in [-0.39, 0.29) is 0 Å². The van der Waals surface area contributed by atoms with Crippen molar-refractivity contribution in [2.75, 3.05) is 11.4 Å². The molecule has 2 aliphatic heterocycles. The van der Waals surface area contributed by atoms with Crippen molar-refractivity contribution in [1.29, 1.82) is 0 Å². The van der Waals surface area contributed by atoms with Gasteiger partial charge in [0.25, 0.3) is 0 Å². The average Bonchev–Trinajstić information content (AvgIpc) is 2.75. The molecule has 0 aromatic heterocycles. The van der Waals surface area contributed by atoms with Gasteiger partial charge in [-0.15, -0.1) is 0 Å². The Bertz CT molecular complexity index is 454. The normalized spacial score (nSPS) is 28.4. The molecule has 2 atom stereocenters. The largest absolute Gasteiger partial charge is 0.365 e. The summed E-state index contributed by atoms with van der Waals surface area (Å²) >= 11 is 0. The Morgan fingerprint density at radius 1 is 1.14 bits per heavy atom. The van der Waals surface area contributed by atoms with Crippen LogP contribution in [-0.2, 0) is 0 Å². The van der Waals surface area contributed by atoms with Crippen molar-refractivity contribution in [1.82, 2.24) is 5.32 Å². The van der Waals surface area contributed by atoms with E-state index in [0.29, 0.717) is 5.92 Å². The SMILES string of the molecule is CCCNC1CC2CCC(C1)N2c1ccccc1C(C)C. The minimum atomic E-state index is 0.608. The molecular formula is C19H30N2. The van der Waals surface area contributed by atoms with Gasteiger partial charge in [-0.2, -0.15) is 0 Å². The first-order valence-corrected chi connectivity index (χ1v) is 8.81. The zero-order valence-electron chi connectivity index (χ0n) is 13.8. The third-order valence-corrected chi connectivity index (χ3v) is 5.25. The third-order valence-electron chi connectivity index (χ3n) is 5.25. The molecule has 0 aliphatic carbocycles. The lowest BCUT2D eigenvalue weighted by molar-refractivity contribution is 0.356. The van der Waals surface area contributed by atoms with E-state index in [9.17, 15) is 0 Å². The number of nitrogens with one attached hydrogen (secondary N) is 1. The highest BCUT2D eigenvalue weighted by Gasteiger charge is 2.41. The van der Waals surface area contributed by atoms with E-state index in [0.717, 1.165) is 18.1 Å². The molecule has 2 fully saturated rings. The number of nitrogens with zero attached hydrogens (tertiary/aromatic N) is 1. The van der Waals surface area contributed by atoms with Gasteiger partial charge in [-0.1, -0.05) is 39.0 Å². The number of rotatable bonds is 5. The number of benzene rings is 1. The van der Waals surface area contributed by atoms with E-state index < -0.39 is 0 Å². The molecule has 3 rings (SSSR count). The Balaban J connectivity index is 1.79. The summed E-state index contributed by atoms with van der Waals surface area (Å²) in [4.78, 5) is 2.76. The van der Waals surface area contributed by atoms with E-state index in [4.69, 9.17) is 0 Å². The molecule has 116 valence electrons. The first kappa shape index (κ1) is 14.9. The standard InChI is InChI=1S/C19H30N2/c1-4-11-20-15-12-16-9-10-17(13-15)21(16)19-8-6-5-7-18(19)14(2)3/h5-8,14-17,20H,4,9-13H2,1-3H3. The Kier molecular flexibility index (Phi) is 4.54. The van der Waals surface area contributed by atoms with Crippen LogP contribution < -0.4 is 10.2 Å². The van der Waals surface area contributed by atoms with Gasteiger partial charge in [-0.3, -0.25) is 0 Å². The molecule has 2 aliphatic rings. The predicted octanol–water partition coefficient (Wildman–Crippen LogP) is 4.31. The molecular weight excluding hydrogens is 256 g/mol. The summed E-state index contributed by atoms with van der Waals surface area (Å²) in [6.07, 6.45) is 6.64. The van der Waals surface area contributed by atoms with Crippen molar-refractivity contribution in [3.05, 3.63) is 29.8 Å². The summed E-state index contributed by atoms with van der Waals surface area (Å²) in [5, 5.41) is 3.75. The topological polar surface area (TPSA) is 15.3 Å². The number of hydrogen-bond donors (Lipinski definition) is 1. The highest BCUT2D eigenvalue weighted by molar-refractivity contribution is 5.58. The van der Waals surface area contributed by atoms with E-state index in [1.807, 2.05) is 0 Å². The Morgan fingerprint density at radius 3 is 2.43 bits per heavy atom. The fraction of sp³-hybridized carbons (Fsp3) is 0.684. The van der Waals surface area contributed by atoms with Crippen LogP contribution in [-0.4, -0.2) is 24.7 Å². The van der Waals surface area contributed by atoms with Crippen LogP contribution >= 0.6 is 0 Å². The van der Waals surface area contributed by atoms with Crippen molar-refractivity contribution < 1.29 is 0 Å². The zero-order valence-corrected chi connectivity index (χ0v) is 13.8. The summed E-state index contributed by atoms with van der Waals surface area (Å²) in [6.45, 7) is 8.06. The van der Waals surface area contributed by atoms with Gasteiger partial charge in [0.15, 0.2) is 0 Å². The van der Waals surface area contributed by atoms with Crippen LogP contribution in [0.5, 0.6) is 0 Å². The van der Waals surface area contributed by atoms with Gasteiger partial charge in [0.2, 0.25) is 0 Å². The maximum Gasteiger partial charge on any atom is 0.0406 e. The molecule has 0 spiro atoms. The molecule has 2 heterocycles. The zero-order chi connectivity index (χ0) is 14.8. The van der Waals surface area contributed by atoms with Gasteiger partial charge in [0.1, 0.15) is 0 Å². The molecule has 21 heavy (non-hydrogen) atoms. The number of fused-ring (bicyclic) bond motifs is 2. The second-order valence-electron chi connectivity index (χ2n) is 7.13. The van der Waals surface area contributed by atoms with Crippen molar-refractivity contribution in [2.45, 2.75) is 76.9 Å². The van der Waals surface area contributed by atoms with Crippen LogP contribution in [0.4, 0.5) is 5.69 Å². The Hall–Kier alpha value is -1.02. The van der Waals surface area contributed by atoms with E-state index in [2.05, 4.69) is 55.3 Å². The van der Waals surface area contributed by atoms with Gasteiger partial charge >= 0.3 is 0 Å². The first-order valence-electron chi connectivity index (χ1n) is 8.81. The van der Waals surface area contributed by atoms with E-state index >= 15 is 0 Å². The maximum atomic E-state index is 3.75. The van der Waals surface area contributed by atoms with Crippen molar-refractivity contribution in [2.24, 2.45) is 0 Å². The fourth-order valence-electron chi connectivity index (χ4n) is 4.30. The summed E-state index contributed by atoms with van der Waals surface area (Å²) in [5.74, 6) is 0.608. The lowest BCUT2D eigenvalue weighted by Crippen LogP contribution is -2.49. The first-order chi connectivity index (χ1) is 10.2. The minimum Gasteiger partial charge on any atom is -0.365 e. The molecule has 2 heteroatoms. The maximum absolute atomic E-state index is 3.75. The smallest absolute Gasteiger partial charge is 0.0406 e. The molecule has 2 unspecified atom stereocenters. The highest BCUT2D eigenvalue weighted by Crippen LogP contribution is 2.42. The average molecular weight is 286 g/mol. The molecule has 1 aromatic carbocycles. The van der Waals surface area contributed by atoms with Crippen LogP contribution in [0.1, 0.15) is 64.4 Å². The molecule has 2 saturated heterocycles. The summed E-state index contributed by atoms with van der Waals surface area (Å²) < 4.78 is 0. The lowest BCUT2D eigenvalue weighted by atomic mass is 9.93. The van der Waals surface area contributed by atoms with Crippen molar-refractivity contribution in [3.63, 3.8) is 0 Å². The molecule has 0 saturated carbocycles. The van der Waals surface area contributed by atoms with Crippen LogP contribution in [0.25, 0.3) is 0 Å². The number of hydrogen-bond acceptors (Lipinski definition) is 2. The van der Waals surface area contributed by atoms with Gasteiger partial charge in [0.05, 0.1) is 0 Å². The number of piperidine rings is 1. The molecule has 2 bridgehead atoms. The van der Waals surface area contributed by atoms with E-state index in [1.165, 1.54) is 49.9 Å². The Labute approximate surface area is 129 Å². The second kappa shape index (κ2) is 6.39. The summed E-state index contributed by atoms with van der Waals surface area (Å²) in [5.41, 5.74) is 3.03. The monoisotopic (exact) mass is 286 g/mol. The molecule has 1 aromatic rings. The quantitative estimate of drug-likeness (QED) is 0.867. The molecule has 2 nitrogen and oxygen atoms in total. The lowest BCUT2D eigenvalue weighted by Gasteiger charge is -2.42. The van der Waals surface area contributed by atoms with Crippen LogP contribution in [0, 0.1) is 0 Å². The van der Waals surface area contributed by atoms with Crippen LogP contribution in [0.2, 0.25) is 0 Å². The number of para-hydroxylation sites is 1. The third kappa shape index (κ3) is 2.96. The molecule has 0 amide bonds. The Morgan fingerprint density at radius 2 is 1.81 bits per heavy atom. The van der Waals surface area contributed by atoms with Gasteiger partial charge < -0.3 is 10.2 Å². The number of anilines is 1. The van der Waals surface area contributed by atoms with E-state index in [1.54, 1.807) is 0 Å². The van der Waals surface area contributed by atoms with Gasteiger partial charge in [-0.05, 0) is 56.2 Å². The fourth-order valence-corrected chi connectivity index (χ4v) is 4.30. The predicted molar refractivity (Wildman–Crippen MR) is 91.1 cm³/mol. The van der Waals surface area contributed by atoms with Crippen molar-refractivity contribution in [3.8, 4) is 0 Å². The van der Waals surface area contributed by atoms with Gasteiger partial charge in [0, 0.05) is 23.8 Å². The molecule has 1 N–H and O–H groups in total. The van der Waals surface area contributed by atoms with Crippen LogP contribution in [0.15, 0.2) is 24.3 Å². The van der Waals surface area contributed by atoms with Crippen LogP contribution in [0.3, 0.4) is 0 Å². The van der Waals surface area contributed by atoms with Gasteiger partial charge in [-0.25, -0.2) is 0 Å². The van der Waals surface area contributed by atoms with Crippen molar-refractivity contribution >= 4 is 5.69 Å².